The summed E-state index contributed by atoms with van der Waals surface area (Å²) < 4.78 is 7.57. The molecule has 4 aromatic rings. The molecule has 0 atom stereocenters. The van der Waals surface area contributed by atoms with Gasteiger partial charge in [-0.3, -0.25) is 9.78 Å². The van der Waals surface area contributed by atoms with E-state index in [1.807, 2.05) is 77.8 Å². The molecule has 1 N–H and O–H groups in total. The minimum atomic E-state index is -0.0908. The molecule has 4 rings (SSSR count). The van der Waals surface area contributed by atoms with Crippen molar-refractivity contribution in [2.45, 2.75) is 25.7 Å². The molecule has 8 heteroatoms. The number of ether oxygens (including phenoxy) is 1. The van der Waals surface area contributed by atoms with Crippen molar-refractivity contribution >= 4 is 35.0 Å². The third-order valence-electron chi connectivity index (χ3n) is 6.14. The molecule has 0 saturated carbocycles. The molecule has 0 unspecified atom stereocenters. The lowest BCUT2D eigenvalue weighted by Gasteiger charge is -2.23. The van der Waals surface area contributed by atoms with Gasteiger partial charge in [0, 0.05) is 49.7 Å². The van der Waals surface area contributed by atoms with E-state index in [-0.39, 0.29) is 24.0 Å². The van der Waals surface area contributed by atoms with Gasteiger partial charge < -0.3 is 19.5 Å². The monoisotopic (exact) mass is 520 g/mol. The molecule has 0 saturated heterocycles. The van der Waals surface area contributed by atoms with Crippen LogP contribution in [0, 0.1) is 0 Å². The highest BCUT2D eigenvalue weighted by molar-refractivity contribution is 5.89. The number of fused-ring (bicyclic) bond motifs is 1. The first-order chi connectivity index (χ1) is 17.6. The smallest absolute Gasteiger partial charge is 0.321 e. The second kappa shape index (κ2) is 14.0. The molecular formula is C29H33ClN4O3. The van der Waals surface area contributed by atoms with Gasteiger partial charge in [0.05, 0.1) is 12.1 Å². The van der Waals surface area contributed by atoms with Crippen LogP contribution in [0.4, 0.5) is 10.5 Å². The van der Waals surface area contributed by atoms with Gasteiger partial charge in [0.1, 0.15) is 5.75 Å². The highest BCUT2D eigenvalue weighted by Gasteiger charge is 2.13. The zero-order valence-electron chi connectivity index (χ0n) is 21.0. The number of hydrogen-bond acceptors (Lipinski definition) is 4. The van der Waals surface area contributed by atoms with E-state index in [4.69, 9.17) is 4.74 Å². The number of hydrogen-bond donors (Lipinski definition) is 1. The second-order valence-corrected chi connectivity index (χ2v) is 8.75. The molecule has 0 aliphatic carbocycles. The Hall–Kier alpha value is -3.84. The van der Waals surface area contributed by atoms with Gasteiger partial charge in [0.2, 0.25) is 0 Å². The molecule has 2 aromatic heterocycles. The summed E-state index contributed by atoms with van der Waals surface area (Å²) in [6, 6.07) is 22.6. The Balaban J connectivity index is 0.00000380. The molecule has 7 nitrogen and oxygen atoms in total. The molecule has 2 aromatic carbocycles. The van der Waals surface area contributed by atoms with Gasteiger partial charge in [-0.25, -0.2) is 4.79 Å². The molecule has 0 aliphatic heterocycles. The number of aryl methyl sites for hydroxylation is 1. The number of carbonyl (C=O) groups is 1. The lowest BCUT2D eigenvalue weighted by Crippen LogP contribution is -2.37. The highest BCUT2D eigenvalue weighted by Crippen LogP contribution is 2.19. The number of pyridine rings is 2. The Kier molecular flexibility index (Phi) is 10.5. The van der Waals surface area contributed by atoms with Gasteiger partial charge in [-0.15, -0.1) is 12.4 Å². The van der Waals surface area contributed by atoms with Crippen LogP contribution in [0.5, 0.6) is 5.75 Å². The fourth-order valence-corrected chi connectivity index (χ4v) is 4.07. The maximum absolute atomic E-state index is 12.9. The van der Waals surface area contributed by atoms with Crippen LogP contribution in [0.25, 0.3) is 10.9 Å². The Labute approximate surface area is 223 Å². The number of unbranched alkanes of at least 4 members (excludes halogenated alkanes) is 2. The van der Waals surface area contributed by atoms with Gasteiger partial charge in [-0.2, -0.15) is 0 Å². The summed E-state index contributed by atoms with van der Waals surface area (Å²) >= 11 is 0. The fourth-order valence-electron chi connectivity index (χ4n) is 4.07. The Morgan fingerprint density at radius 1 is 0.973 bits per heavy atom. The number of nitrogens with one attached hydrogen (secondary N) is 1. The van der Waals surface area contributed by atoms with Crippen molar-refractivity contribution in [2.24, 2.45) is 7.05 Å². The van der Waals surface area contributed by atoms with E-state index in [9.17, 15) is 9.59 Å². The Morgan fingerprint density at radius 2 is 1.81 bits per heavy atom. The molecule has 0 radical (unpaired) electrons. The van der Waals surface area contributed by atoms with E-state index in [1.165, 1.54) is 0 Å². The number of nitrogens with zero attached hydrogens (tertiary/aromatic N) is 3. The summed E-state index contributed by atoms with van der Waals surface area (Å²) in [7, 11) is 1.77. The van der Waals surface area contributed by atoms with Crippen molar-refractivity contribution in [2.75, 3.05) is 25.0 Å². The second-order valence-electron chi connectivity index (χ2n) is 8.75. The van der Waals surface area contributed by atoms with Crippen LogP contribution >= 0.6 is 12.4 Å². The zero-order valence-corrected chi connectivity index (χ0v) is 21.8. The number of carbonyl (C=O) groups excluding carboxylic acids is 1. The first-order valence-corrected chi connectivity index (χ1v) is 12.3. The van der Waals surface area contributed by atoms with Crippen LogP contribution in [0.3, 0.4) is 0 Å². The average Bonchev–Trinajstić information content (AvgIpc) is 2.91. The fraction of sp³-hybridized carbons (Fsp3) is 0.276. The van der Waals surface area contributed by atoms with E-state index in [2.05, 4.69) is 10.3 Å². The maximum atomic E-state index is 12.9. The standard InChI is InChI=1S/C29H32N4O3.ClH/c1-32-27-14-13-26(21-24(27)12-15-28(32)34)36-20-7-3-6-18-33(19-16-23-9-8-17-30-22-23)29(35)31-25-10-4-2-5-11-25;/h2,4-5,8-15,17,21-22H,3,6-7,16,18-20H2,1H3,(H,31,35);1H. The number of para-hydroxylation sites is 1. The van der Waals surface area contributed by atoms with Crippen molar-refractivity contribution in [1.82, 2.24) is 14.5 Å². The molecule has 37 heavy (non-hydrogen) atoms. The van der Waals surface area contributed by atoms with Crippen molar-refractivity contribution < 1.29 is 9.53 Å². The number of urea groups is 1. The number of anilines is 1. The van der Waals surface area contributed by atoms with Crippen molar-refractivity contribution in [1.29, 1.82) is 0 Å². The van der Waals surface area contributed by atoms with Crippen LogP contribution in [0.1, 0.15) is 24.8 Å². The molecule has 0 aliphatic rings. The van der Waals surface area contributed by atoms with Gasteiger partial charge in [-0.1, -0.05) is 24.3 Å². The summed E-state index contributed by atoms with van der Waals surface area (Å²) in [4.78, 5) is 30.8. The Bertz CT molecular complexity index is 1330. The van der Waals surface area contributed by atoms with E-state index >= 15 is 0 Å². The molecule has 0 spiro atoms. The van der Waals surface area contributed by atoms with Crippen LogP contribution in [0.15, 0.2) is 90.0 Å². The minimum Gasteiger partial charge on any atom is -0.494 e. The third-order valence-corrected chi connectivity index (χ3v) is 6.14. The number of rotatable bonds is 11. The first-order valence-electron chi connectivity index (χ1n) is 12.3. The Morgan fingerprint density at radius 3 is 2.59 bits per heavy atom. The number of halogens is 1. The van der Waals surface area contributed by atoms with Crippen LogP contribution in [-0.4, -0.2) is 40.2 Å². The van der Waals surface area contributed by atoms with Gasteiger partial charge >= 0.3 is 6.03 Å². The minimum absolute atomic E-state index is 0. The van der Waals surface area contributed by atoms with Crippen molar-refractivity contribution in [3.63, 3.8) is 0 Å². The lowest BCUT2D eigenvalue weighted by atomic mass is 10.2. The zero-order chi connectivity index (χ0) is 25.2. The van der Waals surface area contributed by atoms with Gasteiger partial charge in [-0.05, 0) is 73.7 Å². The predicted octanol–water partition coefficient (Wildman–Crippen LogP) is 5.68. The third kappa shape index (κ3) is 8.08. The summed E-state index contributed by atoms with van der Waals surface area (Å²) in [5, 5.41) is 3.97. The van der Waals surface area contributed by atoms with Crippen molar-refractivity contribution in [3.05, 3.63) is 101 Å². The maximum Gasteiger partial charge on any atom is 0.321 e. The predicted molar refractivity (Wildman–Crippen MR) is 151 cm³/mol. The van der Waals surface area contributed by atoms with Crippen LogP contribution in [-0.2, 0) is 13.5 Å². The van der Waals surface area contributed by atoms with E-state index in [1.54, 1.807) is 23.9 Å². The van der Waals surface area contributed by atoms with Gasteiger partial charge in [0.25, 0.3) is 5.56 Å². The number of benzene rings is 2. The SMILES string of the molecule is Cl.Cn1c(=O)ccc2cc(OCCCCCN(CCc3cccnc3)C(=O)Nc3ccccc3)ccc21. The largest absolute Gasteiger partial charge is 0.494 e. The highest BCUT2D eigenvalue weighted by atomic mass is 35.5. The normalized spacial score (nSPS) is 10.5. The molecule has 2 heterocycles. The molecule has 0 fully saturated rings. The summed E-state index contributed by atoms with van der Waals surface area (Å²) in [6.45, 7) is 1.90. The summed E-state index contributed by atoms with van der Waals surface area (Å²) in [5.74, 6) is 0.793. The van der Waals surface area contributed by atoms with E-state index in [0.29, 0.717) is 19.7 Å². The van der Waals surface area contributed by atoms with Gasteiger partial charge in [0.15, 0.2) is 0 Å². The van der Waals surface area contributed by atoms with Crippen LogP contribution < -0.4 is 15.6 Å². The topological polar surface area (TPSA) is 76.5 Å². The number of aromatic nitrogens is 2. The molecule has 2 amide bonds. The average molecular weight is 521 g/mol. The molecular weight excluding hydrogens is 488 g/mol. The molecule has 194 valence electrons. The van der Waals surface area contributed by atoms with Crippen molar-refractivity contribution in [3.8, 4) is 5.75 Å². The molecule has 0 bridgehead atoms. The number of amides is 2. The quantitative estimate of drug-likeness (QED) is 0.258. The summed E-state index contributed by atoms with van der Waals surface area (Å²) in [6.07, 6.45) is 7.08. The summed E-state index contributed by atoms with van der Waals surface area (Å²) in [5.41, 5.74) is 2.76. The van der Waals surface area contributed by atoms with E-state index in [0.717, 1.165) is 53.6 Å². The first kappa shape index (κ1) is 27.7. The lowest BCUT2D eigenvalue weighted by molar-refractivity contribution is 0.210. The van der Waals surface area contributed by atoms with Crippen LogP contribution in [0.2, 0.25) is 0 Å². The van der Waals surface area contributed by atoms with E-state index < -0.39 is 0 Å².